The van der Waals surface area contributed by atoms with Crippen molar-refractivity contribution in [3.05, 3.63) is 65.9 Å². The average Bonchev–Trinajstić information content (AvgIpc) is 3.45. The molecule has 4 aromatic rings. The highest BCUT2D eigenvalue weighted by Gasteiger charge is 2.25. The van der Waals surface area contributed by atoms with Crippen LogP contribution in [0, 0.1) is 6.92 Å². The van der Waals surface area contributed by atoms with Gasteiger partial charge in [0.05, 0.1) is 12.2 Å². The Morgan fingerprint density at radius 2 is 2.09 bits per heavy atom. The number of benzene rings is 1. The normalized spacial score (nSPS) is 14.1. The van der Waals surface area contributed by atoms with Crippen LogP contribution in [0.25, 0.3) is 17.0 Å². The fourth-order valence-electron chi connectivity index (χ4n) is 3.74. The van der Waals surface area contributed by atoms with E-state index in [1.54, 1.807) is 16.7 Å². The minimum absolute atomic E-state index is 0.0949. The van der Waals surface area contributed by atoms with Crippen LogP contribution < -0.4 is 10.6 Å². The molecule has 0 spiro atoms. The van der Waals surface area contributed by atoms with Gasteiger partial charge in [-0.2, -0.15) is 4.98 Å². The van der Waals surface area contributed by atoms with E-state index < -0.39 is 6.09 Å². The molecule has 5 rings (SSSR count). The maximum Gasteiger partial charge on any atom is 0.407 e. The van der Waals surface area contributed by atoms with E-state index in [0.717, 1.165) is 18.7 Å². The van der Waals surface area contributed by atoms with Crippen LogP contribution in [0.15, 0.2) is 53.3 Å². The van der Waals surface area contributed by atoms with Crippen molar-refractivity contribution >= 4 is 23.3 Å². The van der Waals surface area contributed by atoms with Gasteiger partial charge < -0.3 is 24.8 Å². The zero-order chi connectivity index (χ0) is 23.7. The highest BCUT2D eigenvalue weighted by atomic mass is 16.6. The first-order valence-electron chi connectivity index (χ1n) is 10.7. The van der Waals surface area contributed by atoms with E-state index in [9.17, 15) is 9.59 Å². The standard InChI is InChI=1S/C23H23N7O4/c1-14-6-7-15(9-17(14)26-22(31)18-10-24-19-5-3-4-8-30(18)19)21-27-20(34-28-21)13-33-23(32)25-16-11-29(2)12-16/h3-10,16H,11-13H2,1-2H3,(H,25,32)(H,26,31). The molecule has 34 heavy (non-hydrogen) atoms. The average molecular weight is 461 g/mol. The summed E-state index contributed by atoms with van der Waals surface area (Å²) in [5, 5.41) is 9.67. The molecule has 0 aliphatic carbocycles. The first-order valence-corrected chi connectivity index (χ1v) is 10.7. The van der Waals surface area contributed by atoms with Gasteiger partial charge in [0, 0.05) is 30.5 Å². The summed E-state index contributed by atoms with van der Waals surface area (Å²) in [6.07, 6.45) is 2.80. The van der Waals surface area contributed by atoms with Gasteiger partial charge in [-0.3, -0.25) is 9.20 Å². The summed E-state index contributed by atoms with van der Waals surface area (Å²) in [6, 6.07) is 11.1. The lowest BCUT2D eigenvalue weighted by Crippen LogP contribution is -2.57. The number of likely N-dealkylation sites (tertiary alicyclic amines) is 1. The summed E-state index contributed by atoms with van der Waals surface area (Å²) < 4.78 is 12.1. The number of fused-ring (bicyclic) bond motifs is 1. The van der Waals surface area contributed by atoms with Crippen LogP contribution in [0.1, 0.15) is 21.9 Å². The van der Waals surface area contributed by atoms with Crippen molar-refractivity contribution < 1.29 is 18.8 Å². The van der Waals surface area contributed by atoms with Crippen LogP contribution in [0.5, 0.6) is 0 Å². The number of alkyl carbamates (subject to hydrolysis) is 1. The SMILES string of the molecule is Cc1ccc(-c2noc(COC(=O)NC3CN(C)C3)n2)cc1NC(=O)c1cnc2ccccn12. The van der Waals surface area contributed by atoms with Gasteiger partial charge in [0.2, 0.25) is 5.82 Å². The predicted molar refractivity (Wildman–Crippen MR) is 122 cm³/mol. The number of aryl methyl sites for hydroxylation is 1. The van der Waals surface area contributed by atoms with Gasteiger partial charge >= 0.3 is 6.09 Å². The fourth-order valence-corrected chi connectivity index (χ4v) is 3.74. The molecule has 0 saturated carbocycles. The molecule has 0 unspecified atom stereocenters. The number of aromatic nitrogens is 4. The Hall–Kier alpha value is -4.25. The second kappa shape index (κ2) is 8.94. The third-order valence-electron chi connectivity index (χ3n) is 5.57. The van der Waals surface area contributed by atoms with E-state index in [0.29, 0.717) is 28.4 Å². The third-order valence-corrected chi connectivity index (χ3v) is 5.57. The molecule has 1 aliphatic rings. The molecule has 4 heterocycles. The van der Waals surface area contributed by atoms with E-state index >= 15 is 0 Å². The van der Waals surface area contributed by atoms with Crippen LogP contribution in [0.2, 0.25) is 0 Å². The van der Waals surface area contributed by atoms with Crippen molar-refractivity contribution in [2.75, 3.05) is 25.5 Å². The molecule has 1 fully saturated rings. The monoisotopic (exact) mass is 461 g/mol. The highest BCUT2D eigenvalue weighted by Crippen LogP contribution is 2.24. The summed E-state index contributed by atoms with van der Waals surface area (Å²) in [7, 11) is 1.98. The number of likely N-dealkylation sites (N-methyl/N-ethyl adjacent to an activating group) is 1. The zero-order valence-corrected chi connectivity index (χ0v) is 18.7. The molecule has 1 saturated heterocycles. The Labute approximate surface area is 194 Å². The summed E-state index contributed by atoms with van der Waals surface area (Å²) >= 11 is 0. The molecule has 11 heteroatoms. The first-order chi connectivity index (χ1) is 16.5. The summed E-state index contributed by atoms with van der Waals surface area (Å²) in [5.41, 5.74) is 3.24. The van der Waals surface area contributed by atoms with E-state index in [1.807, 2.05) is 44.3 Å². The lowest BCUT2D eigenvalue weighted by Gasteiger charge is -2.35. The van der Waals surface area contributed by atoms with Gasteiger partial charge in [0.1, 0.15) is 11.3 Å². The van der Waals surface area contributed by atoms with Gasteiger partial charge in [-0.25, -0.2) is 9.78 Å². The minimum Gasteiger partial charge on any atom is -0.439 e. The van der Waals surface area contributed by atoms with Crippen LogP contribution in [0.4, 0.5) is 10.5 Å². The number of imidazole rings is 1. The lowest BCUT2D eigenvalue weighted by atomic mass is 10.1. The number of ether oxygens (including phenoxy) is 1. The Balaban J connectivity index is 1.25. The molecule has 0 radical (unpaired) electrons. The molecule has 174 valence electrons. The number of amides is 2. The minimum atomic E-state index is -0.523. The summed E-state index contributed by atoms with van der Waals surface area (Å²) in [5.74, 6) is 0.211. The maximum absolute atomic E-state index is 12.9. The number of pyridine rings is 1. The zero-order valence-electron chi connectivity index (χ0n) is 18.7. The molecular weight excluding hydrogens is 438 g/mol. The number of anilines is 1. The van der Waals surface area contributed by atoms with E-state index in [2.05, 4.69) is 30.7 Å². The molecule has 2 N–H and O–H groups in total. The number of carbonyl (C=O) groups is 2. The number of rotatable bonds is 6. The maximum atomic E-state index is 12.9. The van der Waals surface area contributed by atoms with Crippen molar-refractivity contribution in [1.29, 1.82) is 0 Å². The molecule has 3 aromatic heterocycles. The van der Waals surface area contributed by atoms with Crippen molar-refractivity contribution in [2.45, 2.75) is 19.6 Å². The van der Waals surface area contributed by atoms with Crippen molar-refractivity contribution in [1.82, 2.24) is 29.7 Å². The van der Waals surface area contributed by atoms with Crippen LogP contribution in [-0.2, 0) is 11.3 Å². The molecule has 0 atom stereocenters. The van der Waals surface area contributed by atoms with Crippen molar-refractivity contribution in [2.24, 2.45) is 0 Å². The largest absolute Gasteiger partial charge is 0.439 e. The van der Waals surface area contributed by atoms with Crippen molar-refractivity contribution in [3.8, 4) is 11.4 Å². The number of nitrogens with zero attached hydrogens (tertiary/aromatic N) is 5. The van der Waals surface area contributed by atoms with Gasteiger partial charge in [0.25, 0.3) is 11.8 Å². The van der Waals surface area contributed by atoms with E-state index in [4.69, 9.17) is 9.26 Å². The topological polar surface area (TPSA) is 127 Å². The van der Waals surface area contributed by atoms with Gasteiger partial charge in [-0.1, -0.05) is 23.4 Å². The van der Waals surface area contributed by atoms with E-state index in [1.165, 1.54) is 6.20 Å². The van der Waals surface area contributed by atoms with Gasteiger partial charge in [-0.05, 0) is 37.7 Å². The van der Waals surface area contributed by atoms with Gasteiger partial charge in [0.15, 0.2) is 6.61 Å². The highest BCUT2D eigenvalue weighted by molar-refractivity contribution is 6.04. The third kappa shape index (κ3) is 4.46. The second-order valence-electron chi connectivity index (χ2n) is 8.21. The van der Waals surface area contributed by atoms with Crippen LogP contribution in [0.3, 0.4) is 0 Å². The Kier molecular flexibility index (Phi) is 5.68. The quantitative estimate of drug-likeness (QED) is 0.448. The number of nitrogens with one attached hydrogen (secondary N) is 2. The molecule has 1 aromatic carbocycles. The Bertz CT molecular complexity index is 1360. The van der Waals surface area contributed by atoms with Crippen molar-refractivity contribution in [3.63, 3.8) is 0 Å². The fraction of sp³-hybridized carbons (Fsp3) is 0.261. The number of hydrogen-bond acceptors (Lipinski definition) is 8. The van der Waals surface area contributed by atoms with E-state index in [-0.39, 0.29) is 24.4 Å². The Morgan fingerprint density at radius 3 is 2.91 bits per heavy atom. The lowest BCUT2D eigenvalue weighted by molar-refractivity contribution is 0.101. The molecule has 11 nitrogen and oxygen atoms in total. The number of carbonyl (C=O) groups excluding carboxylic acids is 2. The van der Waals surface area contributed by atoms with Crippen LogP contribution >= 0.6 is 0 Å². The molecular formula is C23H23N7O4. The smallest absolute Gasteiger partial charge is 0.407 e. The van der Waals surface area contributed by atoms with Crippen LogP contribution in [-0.4, -0.2) is 62.6 Å². The number of hydrogen-bond donors (Lipinski definition) is 2. The molecule has 1 aliphatic heterocycles. The van der Waals surface area contributed by atoms with Gasteiger partial charge in [-0.15, -0.1) is 0 Å². The second-order valence-corrected chi connectivity index (χ2v) is 8.21. The Morgan fingerprint density at radius 1 is 1.24 bits per heavy atom. The summed E-state index contributed by atoms with van der Waals surface area (Å²) in [6.45, 7) is 3.35. The molecule has 0 bridgehead atoms. The molecule has 2 amide bonds. The first kappa shape index (κ1) is 21.6. The summed E-state index contributed by atoms with van der Waals surface area (Å²) in [4.78, 5) is 35.4. The predicted octanol–water partition coefficient (Wildman–Crippen LogP) is 2.49.